The number of carbonyl (C=O) groups excluding carboxylic acids is 1. The van der Waals surface area contributed by atoms with Crippen LogP contribution in [0.2, 0.25) is 0 Å². The lowest BCUT2D eigenvalue weighted by molar-refractivity contribution is 0.0804. The minimum atomic E-state index is -0.0246. The maximum Gasteiger partial charge on any atom is 0.261 e. The summed E-state index contributed by atoms with van der Waals surface area (Å²) >= 11 is 0. The lowest BCUT2D eigenvalue weighted by Gasteiger charge is -2.26. The molecule has 0 saturated heterocycles. The average Bonchev–Trinajstić information content (AvgIpc) is 3.28. The number of rotatable bonds is 7. The number of hydrogen-bond donors (Lipinski definition) is 1. The molecular weight excluding hydrogens is 380 g/mol. The monoisotopic (exact) mass is 408 g/mol. The first-order chi connectivity index (χ1) is 14.7. The number of carbonyl (C=O) groups is 1. The fraction of sp³-hybridized carbons (Fsp3) is 0.391. The molecule has 2 aliphatic heterocycles. The molecule has 158 valence electrons. The van der Waals surface area contributed by atoms with Crippen LogP contribution in [0.15, 0.2) is 48.8 Å². The number of aromatic nitrogens is 2. The van der Waals surface area contributed by atoms with Gasteiger partial charge in [0, 0.05) is 31.9 Å². The Hall–Kier alpha value is -3.06. The van der Waals surface area contributed by atoms with E-state index >= 15 is 0 Å². The second kappa shape index (κ2) is 9.17. The van der Waals surface area contributed by atoms with Crippen LogP contribution in [0.1, 0.15) is 42.2 Å². The van der Waals surface area contributed by atoms with E-state index in [0.29, 0.717) is 23.6 Å². The molecule has 1 amide bonds. The van der Waals surface area contributed by atoms with Crippen molar-refractivity contribution in [2.24, 2.45) is 0 Å². The first-order valence-corrected chi connectivity index (χ1v) is 10.4. The van der Waals surface area contributed by atoms with Crippen LogP contribution >= 0.6 is 0 Å². The predicted octanol–water partition coefficient (Wildman–Crippen LogP) is 3.68. The molecule has 1 N–H and O–H groups in total. The highest BCUT2D eigenvalue weighted by Gasteiger charge is 2.24. The standard InChI is InChI=1S/C23H28N4O3/c1-17-15-30-22-13-19(29-2)5-6-20(22)23(28)27(17)10-4-3-9-26-11-7-18(8-12-26)21-14-24-16-25-21/h5-7,13-16H,3-4,8-12H2,1-2H3,(H,24,25). The van der Waals surface area contributed by atoms with E-state index in [-0.39, 0.29) is 5.91 Å². The van der Waals surface area contributed by atoms with Gasteiger partial charge in [0.2, 0.25) is 0 Å². The van der Waals surface area contributed by atoms with Gasteiger partial charge in [0.15, 0.2) is 0 Å². The highest BCUT2D eigenvalue weighted by atomic mass is 16.5. The molecule has 2 aromatic rings. The summed E-state index contributed by atoms with van der Waals surface area (Å²) < 4.78 is 11.0. The second-order valence-corrected chi connectivity index (χ2v) is 7.64. The topological polar surface area (TPSA) is 70.7 Å². The van der Waals surface area contributed by atoms with Gasteiger partial charge in [-0.25, -0.2) is 4.98 Å². The molecule has 0 saturated carbocycles. The van der Waals surface area contributed by atoms with Crippen molar-refractivity contribution < 1.29 is 14.3 Å². The fourth-order valence-electron chi connectivity index (χ4n) is 3.89. The minimum Gasteiger partial charge on any atom is -0.497 e. The number of H-pyrrole nitrogens is 1. The number of allylic oxidation sites excluding steroid dienone is 1. The van der Waals surface area contributed by atoms with Crippen molar-refractivity contribution >= 4 is 11.5 Å². The maximum atomic E-state index is 13.0. The SMILES string of the molecule is COc1ccc2c(c1)OC=C(C)N(CCCCN1CC=C(c3c[nH]cn3)CC1)C2=O. The Bertz CT molecular complexity index is 949. The molecule has 3 heterocycles. The van der Waals surface area contributed by atoms with Crippen molar-refractivity contribution in [3.05, 3.63) is 60.0 Å². The van der Waals surface area contributed by atoms with Crippen molar-refractivity contribution in [2.45, 2.75) is 26.2 Å². The van der Waals surface area contributed by atoms with E-state index in [1.807, 2.05) is 18.0 Å². The van der Waals surface area contributed by atoms with Gasteiger partial charge in [-0.2, -0.15) is 0 Å². The average molecular weight is 409 g/mol. The third-order valence-electron chi connectivity index (χ3n) is 5.67. The van der Waals surface area contributed by atoms with Gasteiger partial charge in [-0.15, -0.1) is 0 Å². The summed E-state index contributed by atoms with van der Waals surface area (Å²) in [6.07, 6.45) is 10.6. The Morgan fingerprint density at radius 3 is 2.87 bits per heavy atom. The first-order valence-electron chi connectivity index (χ1n) is 10.4. The summed E-state index contributed by atoms with van der Waals surface area (Å²) in [5, 5.41) is 0. The van der Waals surface area contributed by atoms with Crippen molar-refractivity contribution in [1.29, 1.82) is 0 Å². The molecule has 1 aromatic heterocycles. The zero-order chi connectivity index (χ0) is 20.9. The van der Waals surface area contributed by atoms with Gasteiger partial charge in [0.1, 0.15) is 17.8 Å². The number of fused-ring (bicyclic) bond motifs is 1. The lowest BCUT2D eigenvalue weighted by atomic mass is 10.1. The number of methoxy groups -OCH3 is 1. The van der Waals surface area contributed by atoms with Crippen LogP contribution < -0.4 is 9.47 Å². The summed E-state index contributed by atoms with van der Waals surface area (Å²) in [4.78, 5) is 24.6. The number of nitrogens with one attached hydrogen (secondary N) is 1. The number of amides is 1. The van der Waals surface area contributed by atoms with Crippen LogP contribution in [0.3, 0.4) is 0 Å². The molecule has 7 nitrogen and oxygen atoms in total. The van der Waals surface area contributed by atoms with Crippen LogP contribution in [0.25, 0.3) is 5.57 Å². The van der Waals surface area contributed by atoms with Crippen molar-refractivity contribution in [1.82, 2.24) is 19.8 Å². The number of benzene rings is 1. The van der Waals surface area contributed by atoms with E-state index < -0.39 is 0 Å². The van der Waals surface area contributed by atoms with Gasteiger partial charge in [0.05, 0.1) is 30.4 Å². The number of ether oxygens (including phenoxy) is 2. The van der Waals surface area contributed by atoms with Crippen molar-refractivity contribution in [3.8, 4) is 11.5 Å². The van der Waals surface area contributed by atoms with Crippen LogP contribution in [0.4, 0.5) is 0 Å². The van der Waals surface area contributed by atoms with Crippen LogP contribution in [0.5, 0.6) is 11.5 Å². The van der Waals surface area contributed by atoms with Gasteiger partial charge < -0.3 is 19.4 Å². The summed E-state index contributed by atoms with van der Waals surface area (Å²) in [5.41, 5.74) is 3.76. The quantitative estimate of drug-likeness (QED) is 0.708. The zero-order valence-corrected chi connectivity index (χ0v) is 17.6. The van der Waals surface area contributed by atoms with Crippen LogP contribution in [-0.4, -0.2) is 59.0 Å². The molecule has 7 heteroatoms. The zero-order valence-electron chi connectivity index (χ0n) is 17.6. The molecular formula is C23H28N4O3. The fourth-order valence-corrected chi connectivity index (χ4v) is 3.89. The number of unbranched alkanes of at least 4 members (excludes halogenated alkanes) is 1. The molecule has 0 aliphatic carbocycles. The van der Waals surface area contributed by atoms with Gasteiger partial charge in [0.25, 0.3) is 5.91 Å². The van der Waals surface area contributed by atoms with E-state index in [1.165, 1.54) is 5.57 Å². The highest BCUT2D eigenvalue weighted by Crippen LogP contribution is 2.30. The van der Waals surface area contributed by atoms with E-state index in [4.69, 9.17) is 9.47 Å². The third-order valence-corrected chi connectivity index (χ3v) is 5.67. The molecule has 1 aromatic carbocycles. The molecule has 2 aliphatic rings. The predicted molar refractivity (Wildman–Crippen MR) is 115 cm³/mol. The minimum absolute atomic E-state index is 0.0246. The Morgan fingerprint density at radius 1 is 1.27 bits per heavy atom. The van der Waals surface area contributed by atoms with Crippen molar-refractivity contribution in [3.63, 3.8) is 0 Å². The second-order valence-electron chi connectivity index (χ2n) is 7.64. The summed E-state index contributed by atoms with van der Waals surface area (Å²) in [6, 6.07) is 5.31. The molecule has 0 radical (unpaired) electrons. The molecule has 0 fully saturated rings. The lowest BCUT2D eigenvalue weighted by Crippen LogP contribution is -2.32. The smallest absolute Gasteiger partial charge is 0.261 e. The normalized spacial score (nSPS) is 17.0. The number of aromatic amines is 1. The molecule has 0 bridgehead atoms. The summed E-state index contributed by atoms with van der Waals surface area (Å²) in [7, 11) is 1.60. The summed E-state index contributed by atoms with van der Waals surface area (Å²) in [5.74, 6) is 1.18. The summed E-state index contributed by atoms with van der Waals surface area (Å²) in [6.45, 7) is 5.61. The van der Waals surface area contributed by atoms with Gasteiger partial charge in [-0.1, -0.05) is 6.08 Å². The van der Waals surface area contributed by atoms with Crippen molar-refractivity contribution in [2.75, 3.05) is 33.3 Å². The Labute approximate surface area is 177 Å². The Kier molecular flexibility index (Phi) is 6.18. The molecule has 0 spiro atoms. The van der Waals surface area contributed by atoms with Crippen LogP contribution in [0, 0.1) is 0 Å². The molecule has 0 unspecified atom stereocenters. The third kappa shape index (κ3) is 4.41. The van der Waals surface area contributed by atoms with E-state index in [9.17, 15) is 4.79 Å². The molecule has 4 rings (SSSR count). The highest BCUT2D eigenvalue weighted by molar-refractivity contribution is 5.98. The van der Waals surface area contributed by atoms with Gasteiger partial charge >= 0.3 is 0 Å². The van der Waals surface area contributed by atoms with E-state index in [1.54, 1.807) is 37.9 Å². The molecule has 0 atom stereocenters. The maximum absolute atomic E-state index is 13.0. The van der Waals surface area contributed by atoms with Gasteiger partial charge in [-0.3, -0.25) is 9.69 Å². The Balaban J connectivity index is 1.29. The number of hydrogen-bond acceptors (Lipinski definition) is 5. The van der Waals surface area contributed by atoms with Gasteiger partial charge in [-0.05, 0) is 50.4 Å². The first kappa shape index (κ1) is 20.2. The largest absolute Gasteiger partial charge is 0.497 e. The van der Waals surface area contributed by atoms with Crippen LogP contribution in [-0.2, 0) is 0 Å². The number of imidazole rings is 1. The molecule has 30 heavy (non-hydrogen) atoms. The van der Waals surface area contributed by atoms with E-state index in [2.05, 4.69) is 20.9 Å². The Morgan fingerprint density at radius 2 is 2.13 bits per heavy atom. The number of nitrogens with zero attached hydrogens (tertiary/aromatic N) is 3. The van der Waals surface area contributed by atoms with E-state index in [0.717, 1.165) is 50.3 Å².